The average Bonchev–Trinajstić information content (AvgIpc) is 2.74. The first-order valence-electron chi connectivity index (χ1n) is 9.54. The van der Waals surface area contributed by atoms with Gasteiger partial charge in [0.1, 0.15) is 17.2 Å². The Kier molecular flexibility index (Phi) is 6.33. The van der Waals surface area contributed by atoms with Crippen molar-refractivity contribution < 1.29 is 19.2 Å². The van der Waals surface area contributed by atoms with Crippen LogP contribution in [0.1, 0.15) is 30.1 Å². The van der Waals surface area contributed by atoms with E-state index in [1.54, 1.807) is 36.3 Å². The van der Waals surface area contributed by atoms with Gasteiger partial charge >= 0.3 is 0 Å². The second kappa shape index (κ2) is 8.91. The minimum absolute atomic E-state index is 0.0225. The Hall–Kier alpha value is -3.13. The molecule has 1 aliphatic rings. The molecule has 1 aliphatic heterocycles. The Balaban J connectivity index is 1.90. The standard InChI is InChI=1S/C21H25N3O5/c1-14(22)15-4-3-11-23(13-15)21(25)19-12-16(24(26)27)5-10-20(19)29-18-8-6-17(28-2)7-9-18/h5-10,12,14-15H,3-4,11,13,22H2,1-2H3. The van der Waals surface area contributed by atoms with Crippen molar-refractivity contribution in [3.63, 3.8) is 0 Å². The van der Waals surface area contributed by atoms with E-state index in [4.69, 9.17) is 15.2 Å². The lowest BCUT2D eigenvalue weighted by molar-refractivity contribution is -0.384. The number of methoxy groups -OCH3 is 1. The number of likely N-dealkylation sites (tertiary alicyclic amines) is 1. The van der Waals surface area contributed by atoms with E-state index in [2.05, 4.69) is 0 Å². The highest BCUT2D eigenvalue weighted by atomic mass is 16.6. The maximum Gasteiger partial charge on any atom is 0.270 e. The summed E-state index contributed by atoms with van der Waals surface area (Å²) in [6.45, 7) is 3.05. The number of carbonyl (C=O) groups is 1. The van der Waals surface area contributed by atoms with Gasteiger partial charge < -0.3 is 20.1 Å². The second-order valence-corrected chi connectivity index (χ2v) is 7.23. The number of rotatable bonds is 6. The Morgan fingerprint density at radius 2 is 1.93 bits per heavy atom. The molecule has 3 rings (SSSR count). The third-order valence-corrected chi connectivity index (χ3v) is 5.18. The lowest BCUT2D eigenvalue weighted by Gasteiger charge is -2.34. The smallest absolute Gasteiger partial charge is 0.270 e. The van der Waals surface area contributed by atoms with E-state index in [1.807, 2.05) is 6.92 Å². The fraction of sp³-hybridized carbons (Fsp3) is 0.381. The number of nitro benzene ring substituents is 1. The molecule has 2 unspecified atom stereocenters. The van der Waals surface area contributed by atoms with E-state index >= 15 is 0 Å². The van der Waals surface area contributed by atoms with Gasteiger partial charge in [0.2, 0.25) is 0 Å². The summed E-state index contributed by atoms with van der Waals surface area (Å²) in [5.41, 5.74) is 6.04. The number of benzene rings is 2. The number of hydrogen-bond donors (Lipinski definition) is 1. The minimum Gasteiger partial charge on any atom is -0.497 e. The molecule has 2 N–H and O–H groups in total. The zero-order valence-corrected chi connectivity index (χ0v) is 16.5. The molecule has 29 heavy (non-hydrogen) atoms. The van der Waals surface area contributed by atoms with Gasteiger partial charge in [0.15, 0.2) is 0 Å². The number of ether oxygens (including phenoxy) is 2. The molecule has 2 aromatic carbocycles. The third kappa shape index (κ3) is 4.83. The van der Waals surface area contributed by atoms with Crippen LogP contribution in [-0.4, -0.2) is 42.0 Å². The Bertz CT molecular complexity index is 882. The Morgan fingerprint density at radius 3 is 2.55 bits per heavy atom. The summed E-state index contributed by atoms with van der Waals surface area (Å²) in [5.74, 6) is 1.36. The molecule has 0 radical (unpaired) electrons. The highest BCUT2D eigenvalue weighted by Crippen LogP contribution is 2.32. The molecular weight excluding hydrogens is 374 g/mol. The van der Waals surface area contributed by atoms with Crippen LogP contribution >= 0.6 is 0 Å². The van der Waals surface area contributed by atoms with Gasteiger partial charge in [-0.1, -0.05) is 0 Å². The number of amides is 1. The van der Waals surface area contributed by atoms with E-state index in [-0.39, 0.29) is 34.9 Å². The van der Waals surface area contributed by atoms with Crippen molar-refractivity contribution in [2.24, 2.45) is 11.7 Å². The van der Waals surface area contributed by atoms with E-state index in [1.165, 1.54) is 18.2 Å². The fourth-order valence-corrected chi connectivity index (χ4v) is 3.45. The SMILES string of the molecule is COc1ccc(Oc2ccc([N+](=O)[O-])cc2C(=O)N2CCCC(C(C)N)C2)cc1. The van der Waals surface area contributed by atoms with Gasteiger partial charge in [0, 0.05) is 31.3 Å². The average molecular weight is 399 g/mol. The number of piperidine rings is 1. The van der Waals surface area contributed by atoms with Gasteiger partial charge in [-0.05, 0) is 56.0 Å². The largest absolute Gasteiger partial charge is 0.497 e. The summed E-state index contributed by atoms with van der Waals surface area (Å²) in [7, 11) is 1.57. The minimum atomic E-state index is -0.519. The Labute approximate surface area is 169 Å². The highest BCUT2D eigenvalue weighted by molar-refractivity contribution is 5.97. The molecule has 0 spiro atoms. The van der Waals surface area contributed by atoms with Crippen LogP contribution in [0.5, 0.6) is 17.2 Å². The molecular formula is C21H25N3O5. The van der Waals surface area contributed by atoms with Gasteiger partial charge in [0.05, 0.1) is 17.6 Å². The fourth-order valence-electron chi connectivity index (χ4n) is 3.45. The normalized spacial score (nSPS) is 17.5. The first-order valence-corrected chi connectivity index (χ1v) is 9.54. The molecule has 1 fully saturated rings. The Morgan fingerprint density at radius 1 is 1.24 bits per heavy atom. The summed E-state index contributed by atoms with van der Waals surface area (Å²) >= 11 is 0. The van der Waals surface area contributed by atoms with Crippen molar-refractivity contribution in [2.45, 2.75) is 25.8 Å². The van der Waals surface area contributed by atoms with Crippen LogP contribution in [0.3, 0.4) is 0 Å². The topological polar surface area (TPSA) is 108 Å². The number of non-ortho nitro benzene ring substituents is 1. The first-order chi connectivity index (χ1) is 13.9. The summed E-state index contributed by atoms with van der Waals surface area (Å²) in [5, 5.41) is 11.2. The quantitative estimate of drug-likeness (QED) is 0.587. The van der Waals surface area contributed by atoms with Crippen molar-refractivity contribution in [3.05, 3.63) is 58.1 Å². The predicted molar refractivity (Wildman–Crippen MR) is 108 cm³/mol. The number of nitrogens with zero attached hydrogens (tertiary/aromatic N) is 2. The molecule has 0 aliphatic carbocycles. The maximum atomic E-state index is 13.2. The van der Waals surface area contributed by atoms with E-state index in [9.17, 15) is 14.9 Å². The second-order valence-electron chi connectivity index (χ2n) is 7.23. The predicted octanol–water partition coefficient (Wildman–Crippen LogP) is 3.60. The highest BCUT2D eigenvalue weighted by Gasteiger charge is 2.29. The molecule has 0 aromatic heterocycles. The number of nitro groups is 1. The molecule has 0 bridgehead atoms. The first kappa shape index (κ1) is 20.6. The van der Waals surface area contributed by atoms with Crippen LogP contribution in [-0.2, 0) is 0 Å². The van der Waals surface area contributed by atoms with E-state index < -0.39 is 4.92 Å². The third-order valence-electron chi connectivity index (χ3n) is 5.18. The van der Waals surface area contributed by atoms with Crippen LogP contribution in [0, 0.1) is 16.0 Å². The summed E-state index contributed by atoms with van der Waals surface area (Å²) in [6.07, 6.45) is 1.81. The van der Waals surface area contributed by atoms with E-state index in [0.717, 1.165) is 12.8 Å². The molecule has 154 valence electrons. The maximum absolute atomic E-state index is 13.2. The van der Waals surface area contributed by atoms with Crippen LogP contribution in [0.2, 0.25) is 0 Å². The molecule has 8 nitrogen and oxygen atoms in total. The zero-order valence-electron chi connectivity index (χ0n) is 16.5. The molecule has 1 amide bonds. The molecule has 1 heterocycles. The molecule has 1 saturated heterocycles. The van der Waals surface area contributed by atoms with Gasteiger partial charge in [-0.3, -0.25) is 14.9 Å². The molecule has 2 aromatic rings. The van der Waals surface area contributed by atoms with E-state index in [0.29, 0.717) is 24.6 Å². The van der Waals surface area contributed by atoms with Crippen molar-refractivity contribution in [1.82, 2.24) is 4.90 Å². The van der Waals surface area contributed by atoms with Crippen molar-refractivity contribution in [1.29, 1.82) is 0 Å². The van der Waals surface area contributed by atoms with Gasteiger partial charge in [0.25, 0.3) is 11.6 Å². The summed E-state index contributed by atoms with van der Waals surface area (Å²) < 4.78 is 11.0. The summed E-state index contributed by atoms with van der Waals surface area (Å²) in [4.78, 5) is 25.6. The zero-order chi connectivity index (χ0) is 21.0. The lowest BCUT2D eigenvalue weighted by Crippen LogP contribution is -2.45. The van der Waals surface area contributed by atoms with Crippen molar-refractivity contribution >= 4 is 11.6 Å². The van der Waals surface area contributed by atoms with Gasteiger partial charge in [-0.25, -0.2) is 0 Å². The van der Waals surface area contributed by atoms with Crippen LogP contribution in [0.15, 0.2) is 42.5 Å². The van der Waals surface area contributed by atoms with Gasteiger partial charge in [-0.2, -0.15) is 0 Å². The lowest BCUT2D eigenvalue weighted by atomic mass is 9.92. The molecule has 2 atom stereocenters. The monoisotopic (exact) mass is 399 g/mol. The molecule has 0 saturated carbocycles. The number of nitrogens with two attached hydrogens (primary N) is 1. The van der Waals surface area contributed by atoms with Crippen molar-refractivity contribution in [2.75, 3.05) is 20.2 Å². The number of carbonyl (C=O) groups excluding carboxylic acids is 1. The van der Waals surface area contributed by atoms with Crippen LogP contribution in [0.4, 0.5) is 5.69 Å². The van der Waals surface area contributed by atoms with Crippen LogP contribution in [0.25, 0.3) is 0 Å². The van der Waals surface area contributed by atoms with Crippen LogP contribution < -0.4 is 15.2 Å². The van der Waals surface area contributed by atoms with Crippen molar-refractivity contribution in [3.8, 4) is 17.2 Å². The van der Waals surface area contributed by atoms with Gasteiger partial charge in [-0.15, -0.1) is 0 Å². The molecule has 8 heteroatoms. The number of hydrogen-bond acceptors (Lipinski definition) is 6. The summed E-state index contributed by atoms with van der Waals surface area (Å²) in [6, 6.07) is 10.9.